The second kappa shape index (κ2) is 5.85. The zero-order valence-electron chi connectivity index (χ0n) is 9.07. The molecule has 0 aliphatic rings. The number of hydrogen-bond acceptors (Lipinski definition) is 5. The highest BCUT2D eigenvalue weighted by Gasteiger charge is 2.34. The molecule has 1 aromatic rings. The fourth-order valence-corrected chi connectivity index (χ4v) is 4.61. The maximum atomic E-state index is 11.1. The zero-order valence-corrected chi connectivity index (χ0v) is 13.6. The number of hydrogen-bond donors (Lipinski definition) is 2. The lowest BCUT2D eigenvalue weighted by Crippen LogP contribution is -3.00. The Morgan fingerprint density at radius 2 is 1.68 bits per heavy atom. The highest BCUT2D eigenvalue weighted by atomic mass is 127. The van der Waals surface area contributed by atoms with Gasteiger partial charge >= 0.3 is 15.8 Å². The molecule has 12 heteroatoms. The van der Waals surface area contributed by atoms with E-state index in [0.29, 0.717) is 0 Å². The summed E-state index contributed by atoms with van der Waals surface area (Å²) in [5.74, 6) is 0. The van der Waals surface area contributed by atoms with Crippen LogP contribution in [-0.4, -0.2) is 25.9 Å². The Morgan fingerprint density at radius 1 is 1.21 bits per heavy atom. The first-order chi connectivity index (χ1) is 8.00. The molecule has 0 heterocycles. The highest BCUT2D eigenvalue weighted by molar-refractivity contribution is 14.1. The predicted molar refractivity (Wildman–Crippen MR) is 68.3 cm³/mol. The molecular formula is C7H6ClIN2O6S2. The van der Waals surface area contributed by atoms with Gasteiger partial charge in [0.1, 0.15) is 4.90 Å². The van der Waals surface area contributed by atoms with E-state index in [1.165, 1.54) is 22.6 Å². The summed E-state index contributed by atoms with van der Waals surface area (Å²) in [4.78, 5) is 1.30. The Morgan fingerprint density at radius 3 is 2.00 bits per heavy atom. The zero-order chi connectivity index (χ0) is 14.3. The molecule has 0 aliphatic heterocycles. The van der Waals surface area contributed by atoms with Gasteiger partial charge in [0.25, 0.3) is 10.1 Å². The highest BCUT2D eigenvalue weighted by Crippen LogP contribution is 2.36. The topological polar surface area (TPSA) is 137 Å². The molecule has 0 bridgehead atoms. The lowest BCUT2D eigenvalue weighted by molar-refractivity contribution is -0.0000121. The molecule has 0 atom stereocenters. The van der Waals surface area contributed by atoms with E-state index in [0.717, 1.165) is 13.0 Å². The molecule has 0 saturated carbocycles. The molecule has 0 aliphatic carbocycles. The summed E-state index contributed by atoms with van der Waals surface area (Å²) in [5.41, 5.74) is -0.940. The van der Waals surface area contributed by atoms with Crippen LogP contribution in [0.1, 0.15) is 5.56 Å². The van der Waals surface area contributed by atoms with E-state index in [1.54, 1.807) is 0 Å². The number of rotatable bonds is 2. The summed E-state index contributed by atoms with van der Waals surface area (Å²) < 4.78 is 62.1. The van der Waals surface area contributed by atoms with Crippen LogP contribution >= 0.6 is 22.6 Å². The van der Waals surface area contributed by atoms with Gasteiger partial charge in [0.15, 0.2) is 9.87 Å². The van der Waals surface area contributed by atoms with Crippen LogP contribution in [0.25, 0.3) is 4.98 Å². The smallest absolute Gasteiger partial charge is 0.410 e. The Hall–Kier alpha value is -0.520. The fourth-order valence-electron chi connectivity index (χ4n) is 1.36. The van der Waals surface area contributed by atoms with Crippen molar-refractivity contribution in [3.05, 3.63) is 20.2 Å². The van der Waals surface area contributed by atoms with Gasteiger partial charge in [-0.1, -0.05) is 0 Å². The first-order valence-electron chi connectivity index (χ1n) is 4.13. The van der Waals surface area contributed by atoms with Crippen molar-refractivity contribution in [1.82, 2.24) is 0 Å². The van der Waals surface area contributed by atoms with Gasteiger partial charge in [0.05, 0.1) is 5.56 Å². The van der Waals surface area contributed by atoms with Crippen molar-refractivity contribution in [2.75, 3.05) is 0 Å². The van der Waals surface area contributed by atoms with Gasteiger partial charge in [-0.3, -0.25) is 9.11 Å². The molecule has 0 fully saturated rings. The fraction of sp³-hybridized carbons (Fsp3) is 0.143. The molecule has 2 N–H and O–H groups in total. The quantitative estimate of drug-likeness (QED) is 0.327. The van der Waals surface area contributed by atoms with E-state index in [-0.39, 0.29) is 21.5 Å². The molecular weight excluding hydrogens is 435 g/mol. The third kappa shape index (κ3) is 3.74. The summed E-state index contributed by atoms with van der Waals surface area (Å²) in [6, 6.07) is 0.779. The molecule has 1 rings (SSSR count). The first-order valence-corrected chi connectivity index (χ1v) is 8.09. The van der Waals surface area contributed by atoms with E-state index >= 15 is 0 Å². The van der Waals surface area contributed by atoms with E-state index < -0.39 is 35.7 Å². The van der Waals surface area contributed by atoms with Gasteiger partial charge in [0, 0.05) is 3.57 Å². The average molecular weight is 441 g/mol. The Kier molecular flexibility index (Phi) is 5.69. The van der Waals surface area contributed by atoms with Gasteiger partial charge in [0.2, 0.25) is 5.39 Å². The maximum Gasteiger partial charge on any atom is 0.410 e. The van der Waals surface area contributed by atoms with Crippen LogP contribution in [-0.2, 0) is 20.2 Å². The number of halogens is 2. The van der Waals surface area contributed by atoms with Gasteiger partial charge in [-0.15, -0.1) is 0 Å². The Labute approximate surface area is 128 Å². The standard InChI is InChI=1S/C7H5IN2O6S2.ClH/c1-3-6(10-9)5(17(11,12)13)2-4(8)7(3)18(14,15)16;/h2H,1H3,(H-,11,12,13,14,15,16);1H. The van der Waals surface area contributed by atoms with Crippen LogP contribution in [0.2, 0.25) is 0 Å². The molecule has 0 amide bonds. The molecule has 0 radical (unpaired) electrons. The van der Waals surface area contributed by atoms with Crippen molar-refractivity contribution in [1.29, 1.82) is 5.39 Å². The average Bonchev–Trinajstić information content (AvgIpc) is 2.13. The Bertz CT molecular complexity index is 768. The largest absolute Gasteiger partial charge is 1.00 e. The van der Waals surface area contributed by atoms with E-state index in [9.17, 15) is 16.8 Å². The first kappa shape index (κ1) is 18.5. The van der Waals surface area contributed by atoms with Gasteiger partial charge in [-0.05, 0) is 35.6 Å². The lowest BCUT2D eigenvalue weighted by atomic mass is 10.2. The number of nitrogens with zero attached hydrogens (tertiary/aromatic N) is 2. The normalized spacial score (nSPS) is 11.5. The SMILES string of the molecule is Cc1c([N+]#N)c(S(=O)(=O)O)cc(I)c1S(=O)(=O)O.[Cl-]. The van der Waals surface area contributed by atoms with Crippen molar-refractivity contribution in [3.8, 4) is 0 Å². The third-order valence-corrected chi connectivity index (χ3v) is 5.17. The summed E-state index contributed by atoms with van der Waals surface area (Å²) >= 11 is 1.47. The van der Waals surface area contributed by atoms with Crippen LogP contribution in [0.5, 0.6) is 0 Å². The van der Waals surface area contributed by atoms with Crippen LogP contribution < -0.4 is 12.4 Å². The summed E-state index contributed by atoms with van der Waals surface area (Å²) in [5, 5.41) is 8.71. The van der Waals surface area contributed by atoms with Crippen molar-refractivity contribution < 1.29 is 38.3 Å². The predicted octanol–water partition coefficient (Wildman–Crippen LogP) is -1.42. The molecule has 0 spiro atoms. The van der Waals surface area contributed by atoms with Gasteiger partial charge < -0.3 is 12.4 Å². The maximum absolute atomic E-state index is 11.1. The monoisotopic (exact) mass is 440 g/mol. The van der Waals surface area contributed by atoms with Crippen molar-refractivity contribution in [2.45, 2.75) is 16.7 Å². The van der Waals surface area contributed by atoms with Gasteiger partial charge in [-0.2, -0.15) is 16.8 Å². The van der Waals surface area contributed by atoms with Crippen LogP contribution in [0.4, 0.5) is 5.69 Å². The summed E-state index contributed by atoms with van der Waals surface area (Å²) in [6.45, 7) is 1.13. The minimum atomic E-state index is -4.69. The van der Waals surface area contributed by atoms with Crippen LogP contribution in [0.15, 0.2) is 15.9 Å². The Balaban J connectivity index is 0.00000324. The third-order valence-electron chi connectivity index (χ3n) is 2.04. The second-order valence-electron chi connectivity index (χ2n) is 3.21. The minimum absolute atomic E-state index is 0. The molecule has 106 valence electrons. The molecule has 1 aromatic carbocycles. The lowest BCUT2D eigenvalue weighted by Gasteiger charge is -2.05. The van der Waals surface area contributed by atoms with Crippen molar-refractivity contribution >= 4 is 48.5 Å². The molecule has 0 aromatic heterocycles. The van der Waals surface area contributed by atoms with E-state index in [4.69, 9.17) is 14.5 Å². The molecule has 0 saturated heterocycles. The molecule has 8 nitrogen and oxygen atoms in total. The number of diazo groups is 1. The van der Waals surface area contributed by atoms with E-state index in [1.807, 2.05) is 0 Å². The molecule has 0 unspecified atom stereocenters. The van der Waals surface area contributed by atoms with E-state index in [2.05, 4.69) is 4.98 Å². The van der Waals surface area contributed by atoms with Crippen molar-refractivity contribution in [3.63, 3.8) is 0 Å². The second-order valence-corrected chi connectivity index (χ2v) is 7.12. The van der Waals surface area contributed by atoms with Crippen LogP contribution in [0, 0.1) is 15.9 Å². The number of benzene rings is 1. The van der Waals surface area contributed by atoms with Gasteiger partial charge in [-0.25, -0.2) is 0 Å². The van der Waals surface area contributed by atoms with Crippen LogP contribution in [0.3, 0.4) is 0 Å². The molecule has 19 heavy (non-hydrogen) atoms. The van der Waals surface area contributed by atoms with Crippen molar-refractivity contribution in [2.24, 2.45) is 0 Å². The minimum Gasteiger partial charge on any atom is -1.00 e. The summed E-state index contributed by atoms with van der Waals surface area (Å²) in [7, 11) is -9.30. The summed E-state index contributed by atoms with van der Waals surface area (Å²) in [6.07, 6.45) is 0.